The topological polar surface area (TPSA) is 32.3 Å². The second kappa shape index (κ2) is 5.62. The van der Waals surface area contributed by atoms with Crippen molar-refractivity contribution < 1.29 is 5.11 Å². The van der Waals surface area contributed by atoms with E-state index in [2.05, 4.69) is 35.1 Å². The van der Waals surface area contributed by atoms with Crippen LogP contribution in [0, 0.1) is 5.41 Å². The van der Waals surface area contributed by atoms with E-state index in [1.165, 1.54) is 25.7 Å². The van der Waals surface area contributed by atoms with E-state index in [1.54, 1.807) is 0 Å². The normalized spacial score (nSPS) is 19.9. The molecule has 2 nitrogen and oxygen atoms in total. The molecule has 0 heterocycles. The number of nitrogens with one attached hydrogen (secondary N) is 1. The summed E-state index contributed by atoms with van der Waals surface area (Å²) in [4.78, 5) is 0. The highest BCUT2D eigenvalue weighted by Gasteiger charge is 2.26. The lowest BCUT2D eigenvalue weighted by molar-refractivity contribution is 0.205. The van der Waals surface area contributed by atoms with Gasteiger partial charge < -0.3 is 10.4 Å². The SMILES string of the molecule is CC1(C)CCC(NCc2cccc(Br)c2O)CC1. The van der Waals surface area contributed by atoms with Gasteiger partial charge in [0.2, 0.25) is 0 Å². The largest absolute Gasteiger partial charge is 0.506 e. The Morgan fingerprint density at radius 3 is 2.67 bits per heavy atom. The molecule has 1 aliphatic carbocycles. The van der Waals surface area contributed by atoms with Crippen LogP contribution in [-0.4, -0.2) is 11.1 Å². The molecule has 0 amide bonds. The predicted molar refractivity (Wildman–Crippen MR) is 78.7 cm³/mol. The van der Waals surface area contributed by atoms with Gasteiger partial charge in [0.25, 0.3) is 0 Å². The number of rotatable bonds is 3. The number of hydrogen-bond acceptors (Lipinski definition) is 2. The first-order valence-corrected chi connectivity index (χ1v) is 7.47. The number of benzene rings is 1. The Morgan fingerprint density at radius 2 is 2.00 bits per heavy atom. The van der Waals surface area contributed by atoms with Crippen molar-refractivity contribution in [2.75, 3.05) is 0 Å². The molecule has 1 fully saturated rings. The van der Waals surface area contributed by atoms with E-state index in [-0.39, 0.29) is 0 Å². The van der Waals surface area contributed by atoms with Gasteiger partial charge in [-0.25, -0.2) is 0 Å². The molecule has 0 aliphatic heterocycles. The fraction of sp³-hybridized carbons (Fsp3) is 0.600. The highest BCUT2D eigenvalue weighted by atomic mass is 79.9. The number of phenolic OH excluding ortho intramolecular Hbond substituents is 1. The molecule has 0 spiro atoms. The van der Waals surface area contributed by atoms with Crippen molar-refractivity contribution in [2.24, 2.45) is 5.41 Å². The van der Waals surface area contributed by atoms with E-state index >= 15 is 0 Å². The van der Waals surface area contributed by atoms with Gasteiger partial charge in [0.1, 0.15) is 5.75 Å². The fourth-order valence-corrected chi connectivity index (χ4v) is 2.97. The predicted octanol–water partition coefficient (Wildman–Crippen LogP) is 4.21. The molecule has 0 aromatic heterocycles. The Morgan fingerprint density at radius 1 is 1.33 bits per heavy atom. The van der Waals surface area contributed by atoms with Crippen molar-refractivity contribution in [1.29, 1.82) is 0 Å². The van der Waals surface area contributed by atoms with E-state index in [0.717, 1.165) is 16.6 Å². The van der Waals surface area contributed by atoms with Crippen molar-refractivity contribution in [3.63, 3.8) is 0 Å². The van der Waals surface area contributed by atoms with Gasteiger partial charge in [-0.15, -0.1) is 0 Å². The van der Waals surface area contributed by atoms with Crippen LogP contribution in [0.15, 0.2) is 22.7 Å². The van der Waals surface area contributed by atoms with Gasteiger partial charge in [-0.3, -0.25) is 0 Å². The maximum Gasteiger partial charge on any atom is 0.134 e. The minimum atomic E-state index is 0.362. The molecule has 3 heteroatoms. The quantitative estimate of drug-likeness (QED) is 0.876. The van der Waals surface area contributed by atoms with Gasteiger partial charge in [0.05, 0.1) is 4.47 Å². The van der Waals surface area contributed by atoms with Gasteiger partial charge in [0, 0.05) is 18.2 Å². The monoisotopic (exact) mass is 311 g/mol. The van der Waals surface area contributed by atoms with Crippen molar-refractivity contribution in [3.8, 4) is 5.75 Å². The van der Waals surface area contributed by atoms with Crippen LogP contribution in [0.1, 0.15) is 45.1 Å². The molecule has 0 saturated heterocycles. The standard InChI is InChI=1S/C15H22BrNO/c1-15(2)8-6-12(7-9-15)17-10-11-4-3-5-13(16)14(11)18/h3-5,12,17-18H,6-10H2,1-2H3. The maximum atomic E-state index is 9.92. The van der Waals surface area contributed by atoms with Crippen molar-refractivity contribution in [1.82, 2.24) is 5.32 Å². The fourth-order valence-electron chi connectivity index (χ4n) is 2.56. The second-order valence-corrected chi connectivity index (χ2v) is 6.92. The number of hydrogen-bond donors (Lipinski definition) is 2. The maximum absolute atomic E-state index is 9.92. The molecular formula is C15H22BrNO. The smallest absolute Gasteiger partial charge is 0.134 e. The van der Waals surface area contributed by atoms with Crippen LogP contribution in [0.4, 0.5) is 0 Å². The van der Waals surface area contributed by atoms with Gasteiger partial charge in [-0.2, -0.15) is 0 Å². The van der Waals surface area contributed by atoms with Crippen LogP contribution in [0.25, 0.3) is 0 Å². The van der Waals surface area contributed by atoms with Crippen LogP contribution in [0.5, 0.6) is 5.75 Å². The van der Waals surface area contributed by atoms with Gasteiger partial charge in [-0.1, -0.05) is 26.0 Å². The molecule has 0 unspecified atom stereocenters. The zero-order chi connectivity index (χ0) is 13.2. The van der Waals surface area contributed by atoms with E-state index in [4.69, 9.17) is 0 Å². The molecular weight excluding hydrogens is 290 g/mol. The first-order chi connectivity index (χ1) is 8.48. The minimum absolute atomic E-state index is 0.362. The lowest BCUT2D eigenvalue weighted by atomic mass is 9.75. The lowest BCUT2D eigenvalue weighted by Gasteiger charge is -2.34. The number of aromatic hydroxyl groups is 1. The summed E-state index contributed by atoms with van der Waals surface area (Å²) in [6.07, 6.45) is 5.05. The Bertz CT molecular complexity index is 407. The summed E-state index contributed by atoms with van der Waals surface area (Å²) in [6.45, 7) is 5.45. The molecule has 2 N–H and O–H groups in total. The molecule has 1 aromatic rings. The van der Waals surface area contributed by atoms with E-state index in [0.29, 0.717) is 17.2 Å². The molecule has 100 valence electrons. The first-order valence-electron chi connectivity index (χ1n) is 6.68. The Kier molecular flexibility index (Phi) is 4.33. The molecule has 1 aromatic carbocycles. The average Bonchev–Trinajstić information content (AvgIpc) is 2.33. The summed E-state index contributed by atoms with van der Waals surface area (Å²) >= 11 is 3.35. The van der Waals surface area contributed by atoms with Crippen LogP contribution < -0.4 is 5.32 Å². The zero-order valence-corrected chi connectivity index (χ0v) is 12.8. The number of phenols is 1. The van der Waals surface area contributed by atoms with Gasteiger partial charge >= 0.3 is 0 Å². The Labute approximate surface area is 118 Å². The average molecular weight is 312 g/mol. The van der Waals surface area contributed by atoms with E-state index in [9.17, 15) is 5.11 Å². The third kappa shape index (κ3) is 3.48. The molecule has 2 rings (SSSR count). The van der Waals surface area contributed by atoms with Crippen LogP contribution >= 0.6 is 15.9 Å². The second-order valence-electron chi connectivity index (χ2n) is 6.07. The highest BCUT2D eigenvalue weighted by Crippen LogP contribution is 2.35. The summed E-state index contributed by atoms with van der Waals surface area (Å²) in [7, 11) is 0. The van der Waals surface area contributed by atoms with E-state index < -0.39 is 0 Å². The van der Waals surface area contributed by atoms with Gasteiger partial charge in [-0.05, 0) is 53.1 Å². The third-order valence-corrected chi connectivity index (χ3v) is 4.63. The molecule has 0 atom stereocenters. The summed E-state index contributed by atoms with van der Waals surface area (Å²) in [5.41, 5.74) is 1.48. The third-order valence-electron chi connectivity index (χ3n) is 3.99. The van der Waals surface area contributed by atoms with Gasteiger partial charge in [0.15, 0.2) is 0 Å². The number of halogens is 1. The summed E-state index contributed by atoms with van der Waals surface area (Å²) in [5, 5.41) is 13.5. The molecule has 1 aliphatic rings. The molecule has 1 saturated carbocycles. The molecule has 18 heavy (non-hydrogen) atoms. The summed E-state index contributed by atoms with van der Waals surface area (Å²) < 4.78 is 0.770. The number of para-hydroxylation sites is 1. The van der Waals surface area contributed by atoms with Crippen LogP contribution in [-0.2, 0) is 6.54 Å². The van der Waals surface area contributed by atoms with Crippen LogP contribution in [0.2, 0.25) is 0 Å². The van der Waals surface area contributed by atoms with Crippen molar-refractivity contribution in [3.05, 3.63) is 28.2 Å². The van der Waals surface area contributed by atoms with E-state index in [1.807, 2.05) is 18.2 Å². The Balaban J connectivity index is 1.87. The zero-order valence-electron chi connectivity index (χ0n) is 11.2. The Hall–Kier alpha value is -0.540. The molecule has 0 radical (unpaired) electrons. The van der Waals surface area contributed by atoms with Crippen molar-refractivity contribution >= 4 is 15.9 Å². The summed E-state index contributed by atoms with van der Waals surface area (Å²) in [5.74, 6) is 0.362. The first kappa shape index (κ1) is 13.9. The van der Waals surface area contributed by atoms with Crippen molar-refractivity contribution in [2.45, 2.75) is 52.1 Å². The van der Waals surface area contributed by atoms with Crippen LogP contribution in [0.3, 0.4) is 0 Å². The highest BCUT2D eigenvalue weighted by molar-refractivity contribution is 9.10. The minimum Gasteiger partial charge on any atom is -0.506 e. The molecule has 0 bridgehead atoms. The lowest BCUT2D eigenvalue weighted by Crippen LogP contribution is -2.35. The summed E-state index contributed by atoms with van der Waals surface area (Å²) in [6, 6.07) is 6.39.